The Morgan fingerprint density at radius 2 is 1.79 bits per heavy atom. The van der Waals surface area contributed by atoms with Crippen molar-refractivity contribution in [3.63, 3.8) is 0 Å². The van der Waals surface area contributed by atoms with E-state index in [0.717, 1.165) is 24.9 Å². The Morgan fingerprint density at radius 3 is 2.45 bits per heavy atom. The molecule has 5 nitrogen and oxygen atoms in total. The minimum Gasteiger partial charge on any atom is -0.383 e. The van der Waals surface area contributed by atoms with Crippen LogP contribution in [0.1, 0.15) is 48.9 Å². The monoisotopic (exact) mass is 446 g/mol. The van der Waals surface area contributed by atoms with Crippen molar-refractivity contribution in [1.82, 2.24) is 10.2 Å². The highest BCUT2D eigenvalue weighted by Gasteiger charge is 2.24. The average Bonchev–Trinajstić information content (AvgIpc) is 2.87. The van der Waals surface area contributed by atoms with Crippen LogP contribution in [-0.4, -0.2) is 37.0 Å². The van der Waals surface area contributed by atoms with Crippen LogP contribution in [0.15, 0.2) is 54.2 Å². The van der Waals surface area contributed by atoms with Gasteiger partial charge in [0, 0.05) is 38.1 Å². The summed E-state index contributed by atoms with van der Waals surface area (Å²) < 4.78 is 13.2. The number of nitrogens with one attached hydrogen (secondary N) is 1. The van der Waals surface area contributed by atoms with Crippen LogP contribution in [-0.2, 0) is 17.6 Å². The Kier molecular flexibility index (Phi) is 7.29. The fourth-order valence-electron chi connectivity index (χ4n) is 4.74. The van der Waals surface area contributed by atoms with Crippen LogP contribution in [0.5, 0.6) is 0 Å². The highest BCUT2D eigenvalue weighted by Crippen LogP contribution is 2.26. The van der Waals surface area contributed by atoms with Crippen molar-refractivity contribution >= 4 is 11.6 Å². The zero-order valence-electron chi connectivity index (χ0n) is 19.2. The summed E-state index contributed by atoms with van der Waals surface area (Å²) in [6.07, 6.45) is 7.22. The van der Waals surface area contributed by atoms with Crippen LogP contribution in [0.3, 0.4) is 0 Å². The fraction of sp³-hybridized carbons (Fsp3) is 0.407. The number of fused-ring (bicyclic) bond motifs is 1. The van der Waals surface area contributed by atoms with Crippen molar-refractivity contribution in [3.8, 4) is 6.07 Å². The molecule has 4 rings (SSSR count). The van der Waals surface area contributed by atoms with Crippen molar-refractivity contribution in [2.75, 3.05) is 31.1 Å². The minimum absolute atomic E-state index is 0.0590. The topological polar surface area (TPSA) is 59.4 Å². The Morgan fingerprint density at radius 1 is 1.09 bits per heavy atom. The summed E-state index contributed by atoms with van der Waals surface area (Å²) in [6, 6.07) is 15.2. The van der Waals surface area contributed by atoms with E-state index >= 15 is 0 Å². The molecular formula is C27H31FN4O. The van der Waals surface area contributed by atoms with E-state index < -0.39 is 0 Å². The van der Waals surface area contributed by atoms with Crippen molar-refractivity contribution in [3.05, 3.63) is 76.7 Å². The van der Waals surface area contributed by atoms with E-state index in [1.165, 1.54) is 41.7 Å². The lowest BCUT2D eigenvalue weighted by molar-refractivity contribution is -0.127. The summed E-state index contributed by atoms with van der Waals surface area (Å²) >= 11 is 0. The number of amides is 1. The number of aryl methyl sites for hydroxylation is 2. The van der Waals surface area contributed by atoms with Gasteiger partial charge in [0.2, 0.25) is 0 Å². The summed E-state index contributed by atoms with van der Waals surface area (Å²) in [4.78, 5) is 16.8. The van der Waals surface area contributed by atoms with Gasteiger partial charge in [0.15, 0.2) is 0 Å². The zero-order chi connectivity index (χ0) is 23.2. The van der Waals surface area contributed by atoms with Crippen LogP contribution in [0, 0.1) is 17.1 Å². The van der Waals surface area contributed by atoms with E-state index in [-0.39, 0.29) is 23.3 Å². The molecule has 2 aromatic carbocycles. The highest BCUT2D eigenvalue weighted by molar-refractivity contribution is 5.97. The molecule has 2 aromatic rings. The summed E-state index contributed by atoms with van der Waals surface area (Å²) in [5, 5.41) is 13.0. The van der Waals surface area contributed by atoms with Gasteiger partial charge in [-0.2, -0.15) is 5.26 Å². The molecule has 0 radical (unpaired) electrons. The lowest BCUT2D eigenvalue weighted by atomic mass is 9.89. The quantitative estimate of drug-likeness (QED) is 0.524. The van der Waals surface area contributed by atoms with E-state index in [1.807, 2.05) is 0 Å². The Bertz CT molecular complexity index is 1050. The van der Waals surface area contributed by atoms with E-state index in [2.05, 4.69) is 41.4 Å². The second-order valence-corrected chi connectivity index (χ2v) is 8.79. The van der Waals surface area contributed by atoms with Crippen LogP contribution in [0.2, 0.25) is 0 Å². The number of nitriles is 1. The zero-order valence-corrected chi connectivity index (χ0v) is 19.2. The Balaban J connectivity index is 1.38. The molecule has 6 heteroatoms. The third-order valence-electron chi connectivity index (χ3n) is 6.72. The molecule has 33 heavy (non-hydrogen) atoms. The Hall–Kier alpha value is -3.33. The van der Waals surface area contributed by atoms with Gasteiger partial charge in [-0.05, 0) is 73.1 Å². The SMILES string of the molecule is CCC(N/C=C(/C#N)C(=O)N1CCN(c2ccc(F)cc2)CC1)c1ccc2c(c1)CCCC2. The number of anilines is 1. The van der Waals surface area contributed by atoms with E-state index in [1.54, 1.807) is 23.2 Å². The van der Waals surface area contributed by atoms with Crippen LogP contribution >= 0.6 is 0 Å². The third kappa shape index (κ3) is 5.36. The first kappa shape index (κ1) is 22.8. The molecule has 1 unspecified atom stereocenters. The molecular weight excluding hydrogens is 415 g/mol. The molecule has 1 amide bonds. The summed E-state index contributed by atoms with van der Waals surface area (Å²) in [5.41, 5.74) is 5.15. The Labute approximate surface area is 195 Å². The van der Waals surface area contributed by atoms with Gasteiger partial charge in [-0.15, -0.1) is 0 Å². The molecule has 0 aromatic heterocycles. The third-order valence-corrected chi connectivity index (χ3v) is 6.72. The fourth-order valence-corrected chi connectivity index (χ4v) is 4.74. The number of carbonyl (C=O) groups excluding carboxylic acids is 1. The molecule has 1 saturated heterocycles. The van der Waals surface area contributed by atoms with Gasteiger partial charge >= 0.3 is 0 Å². The van der Waals surface area contributed by atoms with Gasteiger partial charge < -0.3 is 15.1 Å². The molecule has 2 aliphatic rings. The molecule has 0 bridgehead atoms. The number of benzene rings is 2. The molecule has 1 heterocycles. The molecule has 0 saturated carbocycles. The number of carbonyl (C=O) groups is 1. The smallest absolute Gasteiger partial charge is 0.266 e. The van der Waals surface area contributed by atoms with E-state index in [0.29, 0.717) is 26.2 Å². The number of piperazine rings is 1. The maximum atomic E-state index is 13.2. The molecule has 1 fully saturated rings. The lowest BCUT2D eigenvalue weighted by Crippen LogP contribution is -2.49. The summed E-state index contributed by atoms with van der Waals surface area (Å²) in [7, 11) is 0. The van der Waals surface area contributed by atoms with E-state index in [9.17, 15) is 14.4 Å². The predicted molar refractivity (Wildman–Crippen MR) is 128 cm³/mol. The average molecular weight is 447 g/mol. The van der Waals surface area contributed by atoms with Crippen molar-refractivity contribution in [2.24, 2.45) is 0 Å². The number of nitrogens with zero attached hydrogens (tertiary/aromatic N) is 3. The van der Waals surface area contributed by atoms with Gasteiger partial charge in [-0.1, -0.05) is 25.1 Å². The normalized spacial score (nSPS) is 17.2. The van der Waals surface area contributed by atoms with Crippen LogP contribution < -0.4 is 10.2 Å². The first-order chi connectivity index (χ1) is 16.1. The number of hydrogen-bond donors (Lipinski definition) is 1. The molecule has 1 N–H and O–H groups in total. The van der Waals surface area contributed by atoms with Gasteiger partial charge in [0.1, 0.15) is 17.5 Å². The van der Waals surface area contributed by atoms with Crippen molar-refractivity contribution in [1.29, 1.82) is 5.26 Å². The van der Waals surface area contributed by atoms with Gasteiger partial charge in [-0.25, -0.2) is 4.39 Å². The maximum Gasteiger partial charge on any atom is 0.266 e. The molecule has 172 valence electrons. The second kappa shape index (κ2) is 10.5. The van der Waals surface area contributed by atoms with Gasteiger partial charge in [0.25, 0.3) is 5.91 Å². The first-order valence-corrected chi connectivity index (χ1v) is 11.9. The first-order valence-electron chi connectivity index (χ1n) is 11.9. The van der Waals surface area contributed by atoms with Gasteiger partial charge in [0.05, 0.1) is 6.04 Å². The molecule has 1 atom stereocenters. The largest absolute Gasteiger partial charge is 0.383 e. The number of halogens is 1. The number of rotatable bonds is 6. The maximum absolute atomic E-state index is 13.2. The molecule has 1 aliphatic heterocycles. The molecule has 1 aliphatic carbocycles. The van der Waals surface area contributed by atoms with Gasteiger partial charge in [-0.3, -0.25) is 4.79 Å². The molecule has 0 spiro atoms. The summed E-state index contributed by atoms with van der Waals surface area (Å²) in [5.74, 6) is -0.506. The summed E-state index contributed by atoms with van der Waals surface area (Å²) in [6.45, 7) is 4.45. The van der Waals surface area contributed by atoms with Crippen LogP contribution in [0.4, 0.5) is 10.1 Å². The van der Waals surface area contributed by atoms with Crippen molar-refractivity contribution in [2.45, 2.75) is 45.1 Å². The lowest BCUT2D eigenvalue weighted by Gasteiger charge is -2.36. The second-order valence-electron chi connectivity index (χ2n) is 8.79. The highest BCUT2D eigenvalue weighted by atomic mass is 19.1. The van der Waals surface area contributed by atoms with E-state index in [4.69, 9.17) is 0 Å². The predicted octanol–water partition coefficient (Wildman–Crippen LogP) is 4.50. The minimum atomic E-state index is -0.260. The van der Waals surface area contributed by atoms with Crippen molar-refractivity contribution < 1.29 is 9.18 Å². The number of hydrogen-bond acceptors (Lipinski definition) is 4. The van der Waals surface area contributed by atoms with Crippen LogP contribution in [0.25, 0.3) is 0 Å². The standard InChI is InChI=1S/C27H31FN4O/c1-2-26(22-8-7-20-5-3-4-6-21(20)17-22)30-19-23(18-29)27(33)32-15-13-31(14-16-32)25-11-9-24(28)10-12-25/h7-12,17,19,26,30H,2-6,13-16H2,1H3/b23-19-.